The Labute approximate surface area is 172 Å². The van der Waals surface area contributed by atoms with Gasteiger partial charge in [-0.25, -0.2) is 4.79 Å². The van der Waals surface area contributed by atoms with E-state index in [9.17, 15) is 29.4 Å². The van der Waals surface area contributed by atoms with Crippen LogP contribution in [0.4, 0.5) is 0 Å². The van der Waals surface area contributed by atoms with Gasteiger partial charge in [-0.2, -0.15) is 0 Å². The van der Waals surface area contributed by atoms with Crippen LogP contribution in [0.25, 0.3) is 0 Å². The molecule has 168 valence electrons. The van der Waals surface area contributed by atoms with Crippen molar-refractivity contribution in [2.24, 2.45) is 17.6 Å². The molecule has 0 aromatic heterocycles. The van der Waals surface area contributed by atoms with Crippen LogP contribution < -0.4 is 21.7 Å². The van der Waals surface area contributed by atoms with Gasteiger partial charge in [-0.05, 0) is 32.1 Å². The number of nitrogens with one attached hydrogen (secondary N) is 3. The maximum Gasteiger partial charge on any atom is 0.326 e. The van der Waals surface area contributed by atoms with Gasteiger partial charge in [-0.1, -0.05) is 34.1 Å². The van der Waals surface area contributed by atoms with Gasteiger partial charge < -0.3 is 31.9 Å². The molecule has 3 amide bonds. The Hall–Kier alpha value is -2.20. The number of carboxylic acid groups (broad SMARTS) is 1. The fourth-order valence-corrected chi connectivity index (χ4v) is 2.53. The van der Waals surface area contributed by atoms with Crippen molar-refractivity contribution in [3.8, 4) is 0 Å². The summed E-state index contributed by atoms with van der Waals surface area (Å²) < 4.78 is 0. The van der Waals surface area contributed by atoms with Gasteiger partial charge in [0.25, 0.3) is 0 Å². The highest BCUT2D eigenvalue weighted by molar-refractivity contribution is 5.94. The van der Waals surface area contributed by atoms with Crippen molar-refractivity contribution in [2.75, 3.05) is 0 Å². The lowest BCUT2D eigenvalue weighted by atomic mass is 9.99. The molecule has 0 saturated carbocycles. The monoisotopic (exact) mass is 416 g/mol. The van der Waals surface area contributed by atoms with Crippen molar-refractivity contribution in [1.82, 2.24) is 16.0 Å². The Kier molecular flexibility index (Phi) is 11.4. The van der Waals surface area contributed by atoms with Crippen LogP contribution in [0.15, 0.2) is 0 Å². The molecule has 6 atom stereocenters. The minimum Gasteiger partial charge on any atom is -0.480 e. The summed E-state index contributed by atoms with van der Waals surface area (Å²) in [5.74, 6) is -3.29. The maximum atomic E-state index is 12.4. The highest BCUT2D eigenvalue weighted by Gasteiger charge is 2.32. The number of aliphatic hydroxyl groups is 1. The lowest BCUT2D eigenvalue weighted by Gasteiger charge is -2.26. The van der Waals surface area contributed by atoms with Crippen LogP contribution >= 0.6 is 0 Å². The van der Waals surface area contributed by atoms with E-state index in [-0.39, 0.29) is 18.3 Å². The van der Waals surface area contributed by atoms with Gasteiger partial charge in [0.05, 0.1) is 12.1 Å². The lowest BCUT2D eigenvalue weighted by Crippen LogP contribution is -2.59. The van der Waals surface area contributed by atoms with Gasteiger partial charge >= 0.3 is 5.97 Å². The van der Waals surface area contributed by atoms with Crippen molar-refractivity contribution in [1.29, 1.82) is 0 Å². The van der Waals surface area contributed by atoms with E-state index < -0.39 is 54.0 Å². The second kappa shape index (κ2) is 12.4. The Morgan fingerprint density at radius 3 is 1.86 bits per heavy atom. The highest BCUT2D eigenvalue weighted by atomic mass is 16.4. The molecule has 0 spiro atoms. The van der Waals surface area contributed by atoms with Crippen molar-refractivity contribution in [3.63, 3.8) is 0 Å². The van der Waals surface area contributed by atoms with Crippen molar-refractivity contribution in [3.05, 3.63) is 0 Å². The number of amides is 3. The van der Waals surface area contributed by atoms with Crippen LogP contribution in [0.1, 0.15) is 54.4 Å². The topological polar surface area (TPSA) is 171 Å². The fourth-order valence-electron chi connectivity index (χ4n) is 2.53. The first-order valence-corrected chi connectivity index (χ1v) is 9.89. The zero-order valence-electron chi connectivity index (χ0n) is 18.1. The molecule has 29 heavy (non-hydrogen) atoms. The van der Waals surface area contributed by atoms with E-state index in [0.29, 0.717) is 6.42 Å². The van der Waals surface area contributed by atoms with Crippen LogP contribution in [0.3, 0.4) is 0 Å². The highest BCUT2D eigenvalue weighted by Crippen LogP contribution is 2.07. The standard InChI is InChI=1S/C19H36N4O6/c1-7-10(4)14(20)17(26)21-11(5)16(25)23-15(12(6)24)18(27)22-13(19(28)29)8-9(2)3/h9-15,24H,7-8,20H2,1-6H3,(H,21,26)(H,22,27)(H,23,25)(H,28,29). The van der Waals surface area contributed by atoms with Gasteiger partial charge in [0.2, 0.25) is 17.7 Å². The number of rotatable bonds is 12. The number of hydrogen-bond acceptors (Lipinski definition) is 6. The quantitative estimate of drug-likeness (QED) is 0.245. The molecule has 10 nitrogen and oxygen atoms in total. The third-order valence-electron chi connectivity index (χ3n) is 4.70. The average molecular weight is 417 g/mol. The lowest BCUT2D eigenvalue weighted by molar-refractivity contribution is -0.143. The Bertz CT molecular complexity index is 581. The smallest absolute Gasteiger partial charge is 0.326 e. The average Bonchev–Trinajstić information content (AvgIpc) is 2.62. The van der Waals surface area contributed by atoms with E-state index in [0.717, 1.165) is 0 Å². The van der Waals surface area contributed by atoms with Gasteiger partial charge in [0, 0.05) is 0 Å². The minimum atomic E-state index is -1.38. The SMILES string of the molecule is CCC(C)C(N)C(=O)NC(C)C(=O)NC(C(=O)NC(CC(C)C)C(=O)O)C(C)O. The summed E-state index contributed by atoms with van der Waals surface area (Å²) in [6, 6.07) is -4.30. The van der Waals surface area contributed by atoms with Crippen LogP contribution in [0.2, 0.25) is 0 Å². The summed E-state index contributed by atoms with van der Waals surface area (Å²) in [6.45, 7) is 10.1. The molecule has 0 fully saturated rings. The molecule has 0 aliphatic rings. The van der Waals surface area contributed by atoms with E-state index in [1.54, 1.807) is 0 Å². The first-order valence-electron chi connectivity index (χ1n) is 9.89. The third-order valence-corrected chi connectivity index (χ3v) is 4.70. The number of hydrogen-bond donors (Lipinski definition) is 6. The molecule has 0 aromatic carbocycles. The molecule has 10 heteroatoms. The van der Waals surface area contributed by atoms with E-state index in [1.165, 1.54) is 13.8 Å². The Morgan fingerprint density at radius 2 is 1.45 bits per heavy atom. The molecule has 0 rings (SSSR count). The summed E-state index contributed by atoms with van der Waals surface area (Å²) in [4.78, 5) is 48.3. The molecule has 0 radical (unpaired) electrons. The van der Waals surface area contributed by atoms with Gasteiger partial charge in [0.1, 0.15) is 18.1 Å². The molecular formula is C19H36N4O6. The van der Waals surface area contributed by atoms with Crippen LogP contribution in [-0.4, -0.2) is 64.2 Å². The largest absolute Gasteiger partial charge is 0.480 e. The zero-order chi connectivity index (χ0) is 22.9. The van der Waals surface area contributed by atoms with E-state index in [4.69, 9.17) is 5.73 Å². The first-order chi connectivity index (χ1) is 13.3. The maximum absolute atomic E-state index is 12.4. The van der Waals surface area contributed by atoms with Crippen LogP contribution in [-0.2, 0) is 19.2 Å². The number of nitrogens with two attached hydrogens (primary N) is 1. The van der Waals surface area contributed by atoms with E-state index >= 15 is 0 Å². The molecule has 0 aliphatic heterocycles. The predicted molar refractivity (Wildman–Crippen MR) is 108 cm³/mol. The Balaban J connectivity index is 5.05. The molecule has 0 aliphatic carbocycles. The first kappa shape index (κ1) is 26.8. The number of aliphatic carboxylic acids is 1. The zero-order valence-corrected chi connectivity index (χ0v) is 18.1. The van der Waals surface area contributed by atoms with Gasteiger partial charge in [-0.3, -0.25) is 14.4 Å². The molecule has 0 aromatic rings. The third kappa shape index (κ3) is 9.23. The Morgan fingerprint density at radius 1 is 0.897 bits per heavy atom. The second-order valence-electron chi connectivity index (χ2n) is 7.90. The normalized spacial score (nSPS) is 17.4. The number of carboxylic acids is 1. The van der Waals surface area contributed by atoms with E-state index in [2.05, 4.69) is 16.0 Å². The van der Waals surface area contributed by atoms with Gasteiger partial charge in [-0.15, -0.1) is 0 Å². The van der Waals surface area contributed by atoms with E-state index in [1.807, 2.05) is 27.7 Å². The molecular weight excluding hydrogens is 380 g/mol. The summed E-state index contributed by atoms with van der Waals surface area (Å²) >= 11 is 0. The molecule has 0 heterocycles. The number of carbonyl (C=O) groups excluding carboxylic acids is 3. The van der Waals surface area contributed by atoms with Crippen LogP contribution in [0.5, 0.6) is 0 Å². The fraction of sp³-hybridized carbons (Fsp3) is 0.789. The van der Waals surface area contributed by atoms with Crippen molar-refractivity contribution < 1.29 is 29.4 Å². The molecule has 7 N–H and O–H groups in total. The number of aliphatic hydroxyl groups excluding tert-OH is 1. The summed E-state index contributed by atoms with van der Waals surface area (Å²) in [5, 5.41) is 26.3. The molecule has 0 bridgehead atoms. The number of carbonyl (C=O) groups is 4. The second-order valence-corrected chi connectivity index (χ2v) is 7.90. The van der Waals surface area contributed by atoms with Gasteiger partial charge in [0.15, 0.2) is 0 Å². The van der Waals surface area contributed by atoms with Crippen LogP contribution in [0, 0.1) is 11.8 Å². The predicted octanol–water partition coefficient (Wildman–Crippen LogP) is -0.654. The molecule has 6 unspecified atom stereocenters. The minimum absolute atomic E-state index is 0.0148. The summed E-state index contributed by atoms with van der Waals surface area (Å²) in [5.41, 5.74) is 5.84. The van der Waals surface area contributed by atoms with Crippen molar-refractivity contribution in [2.45, 2.75) is 84.7 Å². The molecule has 0 saturated heterocycles. The summed E-state index contributed by atoms with van der Waals surface area (Å²) in [7, 11) is 0. The summed E-state index contributed by atoms with van der Waals surface area (Å²) in [6.07, 6.45) is -0.389. The van der Waals surface area contributed by atoms with Crippen molar-refractivity contribution >= 4 is 23.7 Å².